The van der Waals surface area contributed by atoms with Gasteiger partial charge < -0.3 is 19.9 Å². The van der Waals surface area contributed by atoms with Gasteiger partial charge in [0, 0.05) is 15.7 Å². The van der Waals surface area contributed by atoms with Crippen LogP contribution in [0.4, 0.5) is 5.69 Å². The number of halogens is 1. The van der Waals surface area contributed by atoms with Crippen LogP contribution in [0.15, 0.2) is 46.9 Å². The van der Waals surface area contributed by atoms with Crippen LogP contribution in [-0.4, -0.2) is 31.3 Å². The Morgan fingerprint density at radius 1 is 1.18 bits per heavy atom. The summed E-state index contributed by atoms with van der Waals surface area (Å²) in [5, 5.41) is 11.6. The number of rotatable bonds is 6. The number of methoxy groups -OCH3 is 1. The highest BCUT2D eigenvalue weighted by Gasteiger charge is 2.11. The molecule has 0 aromatic heterocycles. The van der Waals surface area contributed by atoms with Gasteiger partial charge in [0.15, 0.2) is 11.5 Å². The van der Waals surface area contributed by atoms with Gasteiger partial charge in [0.2, 0.25) is 0 Å². The van der Waals surface area contributed by atoms with Crippen molar-refractivity contribution in [2.45, 2.75) is 0 Å². The van der Waals surface area contributed by atoms with Crippen LogP contribution >= 0.6 is 15.9 Å². The minimum Gasteiger partial charge on any atom is -0.493 e. The van der Waals surface area contributed by atoms with Gasteiger partial charge in [-0.05, 0) is 42.5 Å². The average molecular weight is 366 g/mol. The van der Waals surface area contributed by atoms with E-state index in [1.54, 1.807) is 30.3 Å². The van der Waals surface area contributed by atoms with E-state index in [0.29, 0.717) is 22.7 Å². The lowest BCUT2D eigenvalue weighted by Crippen LogP contribution is -2.12. The second-order valence-corrected chi connectivity index (χ2v) is 5.31. The maximum atomic E-state index is 12.3. The van der Waals surface area contributed by atoms with Crippen LogP contribution in [0.2, 0.25) is 0 Å². The van der Waals surface area contributed by atoms with Crippen molar-refractivity contribution in [2.24, 2.45) is 0 Å². The molecule has 6 heteroatoms. The Morgan fingerprint density at radius 2 is 1.91 bits per heavy atom. The number of carbonyl (C=O) groups excluding carboxylic acids is 1. The molecule has 116 valence electrons. The van der Waals surface area contributed by atoms with Crippen molar-refractivity contribution in [1.29, 1.82) is 0 Å². The largest absolute Gasteiger partial charge is 0.493 e. The summed E-state index contributed by atoms with van der Waals surface area (Å²) in [6.45, 7) is 0.0205. The third-order valence-corrected chi connectivity index (χ3v) is 3.41. The Hall–Kier alpha value is -2.05. The van der Waals surface area contributed by atoms with Crippen LogP contribution in [0.25, 0.3) is 0 Å². The topological polar surface area (TPSA) is 67.8 Å². The predicted molar refractivity (Wildman–Crippen MR) is 87.7 cm³/mol. The molecule has 0 heterocycles. The van der Waals surface area contributed by atoms with Gasteiger partial charge in [-0.2, -0.15) is 0 Å². The lowest BCUT2D eigenvalue weighted by atomic mass is 10.2. The van der Waals surface area contributed by atoms with E-state index in [2.05, 4.69) is 21.2 Å². The normalized spacial score (nSPS) is 10.1. The van der Waals surface area contributed by atoms with Gasteiger partial charge in [-0.3, -0.25) is 4.79 Å². The van der Waals surface area contributed by atoms with Gasteiger partial charge in [0.1, 0.15) is 6.61 Å². The van der Waals surface area contributed by atoms with E-state index in [9.17, 15) is 4.79 Å². The van der Waals surface area contributed by atoms with Crippen molar-refractivity contribution in [3.8, 4) is 11.5 Å². The first-order chi connectivity index (χ1) is 10.6. The standard InChI is InChI=1S/C16H16BrNO4/c1-21-14-7-2-11(10-15(14)22-9-8-19)16(20)18-13-5-3-12(17)4-6-13/h2-7,10,19H,8-9H2,1H3,(H,18,20). The minimum atomic E-state index is -0.251. The van der Waals surface area contributed by atoms with Crippen molar-refractivity contribution < 1.29 is 19.4 Å². The quantitative estimate of drug-likeness (QED) is 0.825. The zero-order chi connectivity index (χ0) is 15.9. The smallest absolute Gasteiger partial charge is 0.255 e. The van der Waals surface area contributed by atoms with E-state index in [1.807, 2.05) is 12.1 Å². The summed E-state index contributed by atoms with van der Waals surface area (Å²) in [4.78, 5) is 12.3. The number of hydrogen-bond donors (Lipinski definition) is 2. The summed E-state index contributed by atoms with van der Waals surface area (Å²) < 4.78 is 11.5. The summed E-state index contributed by atoms with van der Waals surface area (Å²) in [6, 6.07) is 12.2. The van der Waals surface area contributed by atoms with E-state index in [0.717, 1.165) is 4.47 Å². The summed E-state index contributed by atoms with van der Waals surface area (Å²) in [7, 11) is 1.52. The second kappa shape index (κ2) is 7.82. The molecule has 0 aliphatic carbocycles. The number of hydrogen-bond acceptors (Lipinski definition) is 4. The molecular weight excluding hydrogens is 350 g/mol. The molecule has 0 fully saturated rings. The molecule has 0 saturated carbocycles. The van der Waals surface area contributed by atoms with E-state index in [1.165, 1.54) is 7.11 Å². The summed E-state index contributed by atoms with van der Waals surface area (Å²) in [5.41, 5.74) is 1.14. The lowest BCUT2D eigenvalue weighted by Gasteiger charge is -2.12. The number of anilines is 1. The number of carbonyl (C=O) groups is 1. The maximum Gasteiger partial charge on any atom is 0.255 e. The lowest BCUT2D eigenvalue weighted by molar-refractivity contribution is 0.102. The van der Waals surface area contributed by atoms with Gasteiger partial charge in [-0.25, -0.2) is 0 Å². The number of nitrogens with one attached hydrogen (secondary N) is 1. The molecule has 2 N–H and O–H groups in total. The fraction of sp³-hybridized carbons (Fsp3) is 0.188. The Balaban J connectivity index is 2.16. The maximum absolute atomic E-state index is 12.3. The van der Waals surface area contributed by atoms with E-state index in [-0.39, 0.29) is 19.1 Å². The Labute approximate surface area is 137 Å². The number of aliphatic hydroxyl groups excluding tert-OH is 1. The zero-order valence-electron chi connectivity index (χ0n) is 12.0. The van der Waals surface area contributed by atoms with E-state index in [4.69, 9.17) is 14.6 Å². The van der Waals surface area contributed by atoms with Gasteiger partial charge in [0.05, 0.1) is 13.7 Å². The van der Waals surface area contributed by atoms with Crippen LogP contribution in [0.5, 0.6) is 11.5 Å². The SMILES string of the molecule is COc1ccc(C(=O)Nc2ccc(Br)cc2)cc1OCCO. The van der Waals surface area contributed by atoms with Crippen molar-refractivity contribution in [1.82, 2.24) is 0 Å². The molecule has 5 nitrogen and oxygen atoms in total. The number of aliphatic hydroxyl groups is 1. The van der Waals surface area contributed by atoms with Crippen molar-refractivity contribution >= 4 is 27.5 Å². The molecule has 2 aromatic carbocycles. The Bertz CT molecular complexity index is 643. The van der Waals surface area contributed by atoms with Crippen LogP contribution < -0.4 is 14.8 Å². The Kier molecular flexibility index (Phi) is 5.80. The van der Waals surface area contributed by atoms with Crippen molar-refractivity contribution in [3.63, 3.8) is 0 Å². The van der Waals surface area contributed by atoms with Gasteiger partial charge >= 0.3 is 0 Å². The minimum absolute atomic E-state index is 0.113. The molecular formula is C16H16BrNO4. The highest BCUT2D eigenvalue weighted by molar-refractivity contribution is 9.10. The fourth-order valence-electron chi connectivity index (χ4n) is 1.82. The highest BCUT2D eigenvalue weighted by Crippen LogP contribution is 2.28. The Morgan fingerprint density at radius 3 is 2.55 bits per heavy atom. The van der Waals surface area contributed by atoms with Gasteiger partial charge in [-0.15, -0.1) is 0 Å². The predicted octanol–water partition coefficient (Wildman–Crippen LogP) is 3.08. The average Bonchev–Trinajstić information content (AvgIpc) is 2.54. The molecule has 22 heavy (non-hydrogen) atoms. The van der Waals surface area contributed by atoms with Gasteiger partial charge in [-0.1, -0.05) is 15.9 Å². The van der Waals surface area contributed by atoms with E-state index < -0.39 is 0 Å². The van der Waals surface area contributed by atoms with Crippen molar-refractivity contribution in [2.75, 3.05) is 25.6 Å². The summed E-state index contributed by atoms with van der Waals surface area (Å²) in [5.74, 6) is 0.674. The third kappa shape index (κ3) is 4.22. The molecule has 0 aliphatic heterocycles. The molecule has 2 aromatic rings. The van der Waals surface area contributed by atoms with Crippen LogP contribution in [0.1, 0.15) is 10.4 Å². The first kappa shape index (κ1) is 16.3. The highest BCUT2D eigenvalue weighted by atomic mass is 79.9. The number of benzene rings is 2. The first-order valence-corrected chi connectivity index (χ1v) is 7.42. The molecule has 2 rings (SSSR count). The molecule has 0 bridgehead atoms. The molecule has 0 aliphatic rings. The molecule has 0 atom stereocenters. The first-order valence-electron chi connectivity index (χ1n) is 6.62. The number of amides is 1. The van der Waals surface area contributed by atoms with Crippen LogP contribution in [-0.2, 0) is 0 Å². The molecule has 1 amide bonds. The summed E-state index contributed by atoms with van der Waals surface area (Å²) in [6.07, 6.45) is 0. The van der Waals surface area contributed by atoms with E-state index >= 15 is 0 Å². The van der Waals surface area contributed by atoms with Crippen LogP contribution in [0, 0.1) is 0 Å². The third-order valence-electron chi connectivity index (χ3n) is 2.88. The fourth-order valence-corrected chi connectivity index (χ4v) is 2.09. The van der Waals surface area contributed by atoms with Crippen LogP contribution in [0.3, 0.4) is 0 Å². The zero-order valence-corrected chi connectivity index (χ0v) is 13.6. The molecule has 0 spiro atoms. The van der Waals surface area contributed by atoms with Gasteiger partial charge in [0.25, 0.3) is 5.91 Å². The van der Waals surface area contributed by atoms with Crippen molar-refractivity contribution in [3.05, 3.63) is 52.5 Å². The molecule has 0 unspecified atom stereocenters. The molecule has 0 saturated heterocycles. The monoisotopic (exact) mass is 365 g/mol. The second-order valence-electron chi connectivity index (χ2n) is 4.40. The summed E-state index contributed by atoms with van der Waals surface area (Å²) >= 11 is 3.34. The molecule has 0 radical (unpaired) electrons. The number of ether oxygens (including phenoxy) is 2.